The molecule has 0 spiro atoms. The monoisotopic (exact) mass is 200 g/mol. The number of nitrogens with two attached hydrogens (primary N) is 2. The second-order valence-electron chi connectivity index (χ2n) is 3.29. The van der Waals surface area contributed by atoms with Crippen LogP contribution < -0.4 is 11.5 Å². The van der Waals surface area contributed by atoms with Crippen LogP contribution in [0.1, 0.15) is 11.3 Å². The van der Waals surface area contributed by atoms with Gasteiger partial charge in [-0.05, 0) is 5.56 Å². The lowest BCUT2D eigenvalue weighted by molar-refractivity contribution is 1.05. The summed E-state index contributed by atoms with van der Waals surface area (Å²) in [7, 11) is 0. The van der Waals surface area contributed by atoms with Gasteiger partial charge in [-0.3, -0.25) is 0 Å². The highest BCUT2D eigenvalue weighted by molar-refractivity contribution is 5.45. The summed E-state index contributed by atoms with van der Waals surface area (Å²) < 4.78 is 0. The molecule has 1 aromatic carbocycles. The normalized spacial score (nSPS) is 10.1. The number of hydrogen-bond acceptors (Lipinski definition) is 4. The zero-order valence-corrected chi connectivity index (χ0v) is 8.22. The molecule has 1 heterocycles. The highest BCUT2D eigenvalue weighted by atomic mass is 15.0. The molecule has 4 nitrogen and oxygen atoms in total. The van der Waals surface area contributed by atoms with E-state index in [4.69, 9.17) is 11.5 Å². The Kier molecular flexibility index (Phi) is 2.49. The van der Waals surface area contributed by atoms with Crippen molar-refractivity contribution in [3.63, 3.8) is 0 Å². The number of aromatic nitrogens is 2. The summed E-state index contributed by atoms with van der Waals surface area (Å²) in [6.45, 7) is 0. The Morgan fingerprint density at radius 3 is 2.53 bits per heavy atom. The zero-order chi connectivity index (χ0) is 10.7. The summed E-state index contributed by atoms with van der Waals surface area (Å²) in [4.78, 5) is 7.93. The van der Waals surface area contributed by atoms with Crippen molar-refractivity contribution in [1.82, 2.24) is 9.97 Å². The molecule has 0 amide bonds. The Morgan fingerprint density at radius 1 is 1.07 bits per heavy atom. The van der Waals surface area contributed by atoms with Gasteiger partial charge in [0.05, 0.1) is 17.6 Å². The molecule has 4 N–H and O–H groups in total. The van der Waals surface area contributed by atoms with Crippen molar-refractivity contribution < 1.29 is 0 Å². The Morgan fingerprint density at radius 2 is 1.80 bits per heavy atom. The second kappa shape index (κ2) is 3.96. The van der Waals surface area contributed by atoms with E-state index in [1.807, 2.05) is 30.3 Å². The maximum Gasteiger partial charge on any atom is 0.220 e. The third-order valence-electron chi connectivity index (χ3n) is 2.13. The quantitative estimate of drug-likeness (QED) is 0.764. The first-order valence-corrected chi connectivity index (χ1v) is 4.66. The van der Waals surface area contributed by atoms with E-state index in [2.05, 4.69) is 9.97 Å². The predicted octanol–water partition coefficient (Wildman–Crippen LogP) is 1.23. The Balaban J connectivity index is 2.28. The third-order valence-corrected chi connectivity index (χ3v) is 2.13. The first-order valence-electron chi connectivity index (χ1n) is 4.66. The van der Waals surface area contributed by atoms with Crippen LogP contribution >= 0.6 is 0 Å². The molecular formula is C11H12N4. The van der Waals surface area contributed by atoms with E-state index in [9.17, 15) is 0 Å². The summed E-state index contributed by atoms with van der Waals surface area (Å²) in [6.07, 6.45) is 2.22. The molecule has 0 atom stereocenters. The molecule has 0 saturated carbocycles. The summed E-state index contributed by atoms with van der Waals surface area (Å²) in [5.74, 6) is 0.259. The molecule has 1 aromatic heterocycles. The second-order valence-corrected chi connectivity index (χ2v) is 3.29. The van der Waals surface area contributed by atoms with Crippen LogP contribution in [0.2, 0.25) is 0 Å². The fourth-order valence-electron chi connectivity index (χ4n) is 1.37. The van der Waals surface area contributed by atoms with Gasteiger partial charge in [0.15, 0.2) is 0 Å². The Bertz CT molecular complexity index is 453. The molecule has 2 rings (SSSR count). The first-order chi connectivity index (χ1) is 7.25. The van der Waals surface area contributed by atoms with Gasteiger partial charge in [-0.1, -0.05) is 30.3 Å². The van der Waals surface area contributed by atoms with Gasteiger partial charge in [-0.25, -0.2) is 9.97 Å². The van der Waals surface area contributed by atoms with Gasteiger partial charge in [0.2, 0.25) is 5.95 Å². The summed E-state index contributed by atoms with van der Waals surface area (Å²) in [5.41, 5.74) is 13.8. The van der Waals surface area contributed by atoms with Gasteiger partial charge in [0, 0.05) is 6.42 Å². The smallest absolute Gasteiger partial charge is 0.220 e. The molecule has 4 heteroatoms. The molecule has 0 unspecified atom stereocenters. The van der Waals surface area contributed by atoms with Crippen LogP contribution in [-0.4, -0.2) is 9.97 Å². The van der Waals surface area contributed by atoms with Crippen LogP contribution in [0.3, 0.4) is 0 Å². The van der Waals surface area contributed by atoms with Gasteiger partial charge in [0.1, 0.15) is 0 Å². The fourth-order valence-corrected chi connectivity index (χ4v) is 1.37. The van der Waals surface area contributed by atoms with E-state index in [1.54, 1.807) is 6.20 Å². The molecule has 0 radical (unpaired) electrons. The van der Waals surface area contributed by atoms with Crippen molar-refractivity contribution in [2.75, 3.05) is 11.5 Å². The molecule has 0 aliphatic rings. The van der Waals surface area contributed by atoms with Gasteiger partial charge in [-0.2, -0.15) is 0 Å². The van der Waals surface area contributed by atoms with Gasteiger partial charge in [0.25, 0.3) is 0 Å². The number of nitrogen functional groups attached to an aromatic ring is 2. The summed E-state index contributed by atoms with van der Waals surface area (Å²) in [5, 5.41) is 0. The van der Waals surface area contributed by atoms with E-state index in [0.717, 1.165) is 11.3 Å². The topological polar surface area (TPSA) is 77.8 Å². The molecule has 2 aromatic rings. The lowest BCUT2D eigenvalue weighted by Gasteiger charge is -2.04. The highest BCUT2D eigenvalue weighted by Crippen LogP contribution is 2.13. The minimum absolute atomic E-state index is 0.259. The van der Waals surface area contributed by atoms with Crippen LogP contribution in [-0.2, 0) is 6.42 Å². The van der Waals surface area contributed by atoms with Crippen molar-refractivity contribution in [1.29, 1.82) is 0 Å². The van der Waals surface area contributed by atoms with E-state index in [-0.39, 0.29) is 5.95 Å². The molecular weight excluding hydrogens is 188 g/mol. The lowest BCUT2D eigenvalue weighted by atomic mass is 10.1. The van der Waals surface area contributed by atoms with Gasteiger partial charge in [-0.15, -0.1) is 0 Å². The molecule has 15 heavy (non-hydrogen) atoms. The number of nitrogens with zero attached hydrogens (tertiary/aromatic N) is 2. The van der Waals surface area contributed by atoms with Crippen molar-refractivity contribution in [2.24, 2.45) is 0 Å². The third kappa shape index (κ3) is 2.22. The minimum atomic E-state index is 0.259. The SMILES string of the molecule is Nc1ncc(N)c(Cc2ccccc2)n1. The fraction of sp³-hybridized carbons (Fsp3) is 0.0909. The van der Waals surface area contributed by atoms with Crippen molar-refractivity contribution in [2.45, 2.75) is 6.42 Å². The molecule has 76 valence electrons. The number of benzene rings is 1. The average molecular weight is 200 g/mol. The van der Waals surface area contributed by atoms with E-state index in [1.165, 1.54) is 0 Å². The molecule has 0 aliphatic heterocycles. The van der Waals surface area contributed by atoms with E-state index >= 15 is 0 Å². The predicted molar refractivity (Wildman–Crippen MR) is 60.1 cm³/mol. The Hall–Kier alpha value is -2.10. The maximum atomic E-state index is 5.76. The van der Waals surface area contributed by atoms with E-state index in [0.29, 0.717) is 12.1 Å². The Labute approximate surface area is 88.0 Å². The highest BCUT2D eigenvalue weighted by Gasteiger charge is 2.03. The van der Waals surface area contributed by atoms with Gasteiger partial charge < -0.3 is 11.5 Å². The van der Waals surface area contributed by atoms with Crippen LogP contribution in [0.15, 0.2) is 36.5 Å². The van der Waals surface area contributed by atoms with Crippen LogP contribution in [0.4, 0.5) is 11.6 Å². The average Bonchev–Trinajstić information content (AvgIpc) is 2.25. The maximum absolute atomic E-state index is 5.76. The number of rotatable bonds is 2. The van der Waals surface area contributed by atoms with Crippen LogP contribution in [0, 0.1) is 0 Å². The zero-order valence-electron chi connectivity index (χ0n) is 8.22. The minimum Gasteiger partial charge on any atom is -0.396 e. The molecule has 0 aliphatic carbocycles. The van der Waals surface area contributed by atoms with Crippen molar-refractivity contribution in [3.8, 4) is 0 Å². The van der Waals surface area contributed by atoms with Crippen LogP contribution in [0.25, 0.3) is 0 Å². The van der Waals surface area contributed by atoms with Gasteiger partial charge >= 0.3 is 0 Å². The first kappa shape index (κ1) is 9.45. The van der Waals surface area contributed by atoms with Crippen molar-refractivity contribution in [3.05, 3.63) is 47.8 Å². The number of anilines is 2. The molecule has 0 saturated heterocycles. The molecule has 0 bridgehead atoms. The van der Waals surface area contributed by atoms with E-state index < -0.39 is 0 Å². The summed E-state index contributed by atoms with van der Waals surface area (Å²) in [6, 6.07) is 9.99. The standard InChI is InChI=1S/C11H12N4/c12-9-7-14-11(13)15-10(9)6-8-4-2-1-3-5-8/h1-5,7H,6,12H2,(H2,13,14,15). The summed E-state index contributed by atoms with van der Waals surface area (Å²) >= 11 is 0. The van der Waals surface area contributed by atoms with Crippen molar-refractivity contribution >= 4 is 11.6 Å². The molecule has 0 fully saturated rings. The van der Waals surface area contributed by atoms with Crippen LogP contribution in [0.5, 0.6) is 0 Å². The number of hydrogen-bond donors (Lipinski definition) is 2. The lowest BCUT2D eigenvalue weighted by Crippen LogP contribution is -2.04. The largest absolute Gasteiger partial charge is 0.396 e.